The highest BCUT2D eigenvalue weighted by atomic mass is 16.5. The first-order valence-corrected chi connectivity index (χ1v) is 9.84. The largest absolute Gasteiger partial charge is 0.461 e. The molecule has 2 aromatic carbocycles. The van der Waals surface area contributed by atoms with Gasteiger partial charge in [0.2, 0.25) is 0 Å². The molecular weight excluding hydrogens is 336 g/mol. The molecule has 3 aromatic rings. The Hall–Kier alpha value is -2.59. The van der Waals surface area contributed by atoms with Crippen LogP contribution >= 0.6 is 0 Å². The van der Waals surface area contributed by atoms with Gasteiger partial charge in [0.1, 0.15) is 6.61 Å². The van der Waals surface area contributed by atoms with Gasteiger partial charge in [0.25, 0.3) is 0 Å². The Kier molecular flexibility index (Phi) is 4.99. The Morgan fingerprint density at radius 1 is 1.07 bits per heavy atom. The number of fused-ring (bicyclic) bond motifs is 5. The van der Waals surface area contributed by atoms with Gasteiger partial charge in [-0.25, -0.2) is 4.79 Å². The third-order valence-corrected chi connectivity index (χ3v) is 5.60. The van der Waals surface area contributed by atoms with Crippen LogP contribution < -0.4 is 0 Å². The number of hydrogen-bond acceptors (Lipinski definition) is 3. The molecule has 0 radical (unpaired) electrons. The van der Waals surface area contributed by atoms with Crippen LogP contribution in [0.4, 0.5) is 0 Å². The molecule has 4 heteroatoms. The summed E-state index contributed by atoms with van der Waals surface area (Å²) in [5.74, 6) is -0.250. The highest BCUT2D eigenvalue weighted by Crippen LogP contribution is 2.39. The summed E-state index contributed by atoms with van der Waals surface area (Å²) in [6, 6.07) is 14.5. The van der Waals surface area contributed by atoms with Gasteiger partial charge in [-0.1, -0.05) is 50.2 Å². The molecule has 0 saturated carbocycles. The third kappa shape index (κ3) is 3.26. The predicted octanol–water partition coefficient (Wildman–Crippen LogP) is 4.43. The molecule has 1 heterocycles. The lowest BCUT2D eigenvalue weighted by Gasteiger charge is -2.17. The standard InChI is InChI=1S/C23H26N2O2/c1-3-25(4-2)14-15-27-23(26)19-11-7-10-18-21-17-9-6-5-8-16(17)12-13-20(21)24-22(18)19/h5-11,24H,3-4,12-15H2,1-2H3. The Morgan fingerprint density at radius 3 is 2.70 bits per heavy atom. The molecule has 0 atom stereocenters. The Balaban J connectivity index is 1.65. The van der Waals surface area contributed by atoms with E-state index in [-0.39, 0.29) is 5.97 Å². The molecule has 0 unspecified atom stereocenters. The average Bonchev–Trinajstić information content (AvgIpc) is 3.10. The summed E-state index contributed by atoms with van der Waals surface area (Å²) in [6.45, 7) is 7.35. The van der Waals surface area contributed by atoms with Crippen LogP contribution in [0.5, 0.6) is 0 Å². The van der Waals surface area contributed by atoms with E-state index in [1.54, 1.807) is 0 Å². The second-order valence-electron chi connectivity index (χ2n) is 7.03. The van der Waals surface area contributed by atoms with Gasteiger partial charge in [0.05, 0.1) is 11.1 Å². The zero-order chi connectivity index (χ0) is 18.8. The lowest BCUT2D eigenvalue weighted by molar-refractivity contribution is 0.0468. The maximum atomic E-state index is 12.7. The summed E-state index contributed by atoms with van der Waals surface area (Å²) >= 11 is 0. The molecule has 4 nitrogen and oxygen atoms in total. The highest BCUT2D eigenvalue weighted by molar-refractivity contribution is 6.09. The van der Waals surface area contributed by atoms with E-state index >= 15 is 0 Å². The number of aryl methyl sites for hydroxylation is 2. The summed E-state index contributed by atoms with van der Waals surface area (Å²) in [5, 5.41) is 1.11. The molecule has 0 saturated heterocycles. The van der Waals surface area contributed by atoms with Crippen LogP contribution in [0, 0.1) is 0 Å². The van der Waals surface area contributed by atoms with E-state index in [0.717, 1.165) is 43.4 Å². The Labute approximate surface area is 160 Å². The Morgan fingerprint density at radius 2 is 1.89 bits per heavy atom. The third-order valence-electron chi connectivity index (χ3n) is 5.60. The van der Waals surface area contributed by atoms with Crippen molar-refractivity contribution in [2.75, 3.05) is 26.2 Å². The van der Waals surface area contributed by atoms with Crippen molar-refractivity contribution >= 4 is 16.9 Å². The number of ether oxygens (including phenoxy) is 1. The van der Waals surface area contributed by atoms with E-state index in [4.69, 9.17) is 4.74 Å². The van der Waals surface area contributed by atoms with E-state index in [0.29, 0.717) is 12.2 Å². The quantitative estimate of drug-likeness (QED) is 0.660. The minimum atomic E-state index is -0.250. The zero-order valence-electron chi connectivity index (χ0n) is 16.0. The van der Waals surface area contributed by atoms with Gasteiger partial charge in [-0.05, 0) is 43.1 Å². The highest BCUT2D eigenvalue weighted by Gasteiger charge is 2.23. The lowest BCUT2D eigenvalue weighted by atomic mass is 9.88. The van der Waals surface area contributed by atoms with Crippen molar-refractivity contribution in [3.63, 3.8) is 0 Å². The van der Waals surface area contributed by atoms with Crippen LogP contribution in [0.25, 0.3) is 22.0 Å². The summed E-state index contributed by atoms with van der Waals surface area (Å²) in [4.78, 5) is 18.5. The molecule has 0 spiro atoms. The van der Waals surface area contributed by atoms with Gasteiger partial charge in [-0.15, -0.1) is 0 Å². The first-order valence-electron chi connectivity index (χ1n) is 9.84. The van der Waals surface area contributed by atoms with Crippen LogP contribution in [0.2, 0.25) is 0 Å². The number of para-hydroxylation sites is 1. The fraction of sp³-hybridized carbons (Fsp3) is 0.348. The smallest absolute Gasteiger partial charge is 0.340 e. The average molecular weight is 362 g/mol. The van der Waals surface area contributed by atoms with Crippen molar-refractivity contribution < 1.29 is 9.53 Å². The van der Waals surface area contributed by atoms with Crippen LogP contribution in [-0.4, -0.2) is 42.1 Å². The maximum Gasteiger partial charge on any atom is 0.340 e. The van der Waals surface area contributed by atoms with Crippen molar-refractivity contribution in [2.45, 2.75) is 26.7 Å². The van der Waals surface area contributed by atoms with Crippen LogP contribution in [0.3, 0.4) is 0 Å². The summed E-state index contributed by atoms with van der Waals surface area (Å²) in [6.07, 6.45) is 2.00. The van der Waals surface area contributed by atoms with Gasteiger partial charge in [-0.3, -0.25) is 0 Å². The van der Waals surface area contributed by atoms with E-state index in [2.05, 4.69) is 54.1 Å². The first-order chi connectivity index (χ1) is 13.2. The van der Waals surface area contributed by atoms with Crippen LogP contribution in [0.15, 0.2) is 42.5 Å². The van der Waals surface area contributed by atoms with Crippen molar-refractivity contribution in [1.82, 2.24) is 9.88 Å². The fourth-order valence-corrected chi connectivity index (χ4v) is 4.06. The fourth-order valence-electron chi connectivity index (χ4n) is 4.06. The number of aromatic amines is 1. The molecule has 1 N–H and O–H groups in total. The molecule has 0 bridgehead atoms. The molecule has 0 fully saturated rings. The molecule has 0 aliphatic heterocycles. The van der Waals surface area contributed by atoms with Gasteiger partial charge < -0.3 is 14.6 Å². The van der Waals surface area contributed by atoms with Gasteiger partial charge in [0.15, 0.2) is 0 Å². The van der Waals surface area contributed by atoms with Crippen molar-refractivity contribution in [3.05, 3.63) is 59.3 Å². The van der Waals surface area contributed by atoms with E-state index in [1.165, 1.54) is 22.4 Å². The molecule has 1 aliphatic carbocycles. The maximum absolute atomic E-state index is 12.7. The topological polar surface area (TPSA) is 45.3 Å². The number of hydrogen-bond donors (Lipinski definition) is 1. The lowest BCUT2D eigenvalue weighted by Crippen LogP contribution is -2.27. The van der Waals surface area contributed by atoms with Gasteiger partial charge in [0, 0.05) is 23.2 Å². The number of aromatic nitrogens is 1. The second kappa shape index (κ2) is 7.57. The molecule has 4 rings (SSSR count). The molecular formula is C23H26N2O2. The van der Waals surface area contributed by atoms with Crippen molar-refractivity contribution in [2.24, 2.45) is 0 Å². The van der Waals surface area contributed by atoms with E-state index < -0.39 is 0 Å². The number of rotatable bonds is 6. The monoisotopic (exact) mass is 362 g/mol. The minimum absolute atomic E-state index is 0.250. The number of benzene rings is 2. The van der Waals surface area contributed by atoms with Gasteiger partial charge >= 0.3 is 5.97 Å². The number of carbonyl (C=O) groups is 1. The summed E-state index contributed by atoms with van der Waals surface area (Å²) < 4.78 is 5.57. The molecule has 1 aliphatic rings. The molecule has 140 valence electrons. The van der Waals surface area contributed by atoms with Crippen molar-refractivity contribution in [1.29, 1.82) is 0 Å². The number of nitrogens with zero attached hydrogens (tertiary/aromatic N) is 1. The number of H-pyrrole nitrogens is 1. The van der Waals surface area contributed by atoms with Crippen molar-refractivity contribution in [3.8, 4) is 11.1 Å². The molecule has 1 aromatic heterocycles. The second-order valence-corrected chi connectivity index (χ2v) is 7.03. The number of likely N-dealkylation sites (N-methyl/N-ethyl adjacent to an activating group) is 1. The zero-order valence-corrected chi connectivity index (χ0v) is 16.0. The SMILES string of the molecule is CCN(CC)CCOC(=O)c1cccc2c3c([nH]c12)CCc1ccccc1-3. The summed E-state index contributed by atoms with van der Waals surface area (Å²) in [7, 11) is 0. The Bertz CT molecular complexity index is 970. The minimum Gasteiger partial charge on any atom is -0.461 e. The van der Waals surface area contributed by atoms with Crippen LogP contribution in [-0.2, 0) is 17.6 Å². The molecule has 0 amide bonds. The van der Waals surface area contributed by atoms with E-state index in [9.17, 15) is 4.79 Å². The van der Waals surface area contributed by atoms with Gasteiger partial charge in [-0.2, -0.15) is 0 Å². The summed E-state index contributed by atoms with van der Waals surface area (Å²) in [5.41, 5.74) is 6.62. The number of esters is 1. The van der Waals surface area contributed by atoms with Crippen LogP contribution in [0.1, 0.15) is 35.5 Å². The molecule has 27 heavy (non-hydrogen) atoms. The first kappa shape index (κ1) is 17.8. The number of carbonyl (C=O) groups excluding carboxylic acids is 1. The normalized spacial score (nSPS) is 12.9. The van der Waals surface area contributed by atoms with E-state index in [1.807, 2.05) is 12.1 Å². The predicted molar refractivity (Wildman–Crippen MR) is 109 cm³/mol. The number of nitrogens with one attached hydrogen (secondary N) is 1.